The minimum absolute atomic E-state index is 0.0251. The summed E-state index contributed by atoms with van der Waals surface area (Å²) < 4.78 is 2.02. The van der Waals surface area contributed by atoms with E-state index in [1.807, 2.05) is 28.8 Å². The Kier molecular flexibility index (Phi) is 4.88. The van der Waals surface area contributed by atoms with Gasteiger partial charge in [0.1, 0.15) is 7.05 Å². The van der Waals surface area contributed by atoms with Crippen molar-refractivity contribution in [3.8, 4) is 0 Å². The van der Waals surface area contributed by atoms with Gasteiger partial charge in [0.15, 0.2) is 12.4 Å². The van der Waals surface area contributed by atoms with Crippen molar-refractivity contribution in [2.75, 3.05) is 6.54 Å². The third-order valence-corrected chi connectivity index (χ3v) is 4.82. The van der Waals surface area contributed by atoms with Crippen LogP contribution in [0.2, 0.25) is 10.0 Å². The fourth-order valence-electron chi connectivity index (χ4n) is 3.15. The lowest BCUT2D eigenvalue weighted by molar-refractivity contribution is -0.672. The highest BCUT2D eigenvalue weighted by Gasteiger charge is 2.30. The van der Waals surface area contributed by atoms with Gasteiger partial charge in [-0.25, -0.2) is 4.57 Å². The molecule has 3 rings (SSSR count). The number of carbonyl (C=O) groups excluding carboxylic acids is 1. The highest BCUT2D eigenvalue weighted by atomic mass is 35.5. The highest BCUT2D eigenvalue weighted by molar-refractivity contribution is 6.36. The van der Waals surface area contributed by atoms with Crippen LogP contribution < -0.4 is 4.57 Å². The van der Waals surface area contributed by atoms with E-state index >= 15 is 0 Å². The molecule has 3 nitrogen and oxygen atoms in total. The van der Waals surface area contributed by atoms with E-state index in [0.717, 1.165) is 31.4 Å². The number of amides is 1. The van der Waals surface area contributed by atoms with E-state index in [9.17, 15) is 4.79 Å². The van der Waals surface area contributed by atoms with E-state index in [2.05, 4.69) is 12.3 Å². The van der Waals surface area contributed by atoms with Gasteiger partial charge in [-0.1, -0.05) is 23.2 Å². The van der Waals surface area contributed by atoms with E-state index in [1.165, 1.54) is 0 Å². The predicted octanol–water partition coefficient (Wildman–Crippen LogP) is 4.19. The Hall–Kier alpha value is -1.58. The number of carbonyl (C=O) groups is 1. The van der Waals surface area contributed by atoms with Gasteiger partial charge in [-0.15, -0.1) is 0 Å². The standard InChI is InChI=1S/C18H19Cl2N2O/c1-21-9-4-5-13(12-21)17-6-2-3-10-22(17)18(23)15-8-7-14(19)11-16(15)20/h4-5,7-9,11-12,17H,2-3,6,10H2,1H3/q+1/t17-/m1/s1. The quantitative estimate of drug-likeness (QED) is 0.746. The van der Waals surface area contributed by atoms with Gasteiger partial charge in [-0.3, -0.25) is 4.79 Å². The summed E-state index contributed by atoms with van der Waals surface area (Å²) in [6.07, 6.45) is 7.20. The van der Waals surface area contributed by atoms with Crippen molar-refractivity contribution in [3.05, 3.63) is 63.9 Å². The molecule has 0 saturated carbocycles. The topological polar surface area (TPSA) is 24.2 Å². The van der Waals surface area contributed by atoms with Crippen molar-refractivity contribution in [1.29, 1.82) is 0 Å². The first kappa shape index (κ1) is 16.3. The van der Waals surface area contributed by atoms with Gasteiger partial charge < -0.3 is 4.90 Å². The number of pyridine rings is 1. The molecule has 23 heavy (non-hydrogen) atoms. The molecule has 0 bridgehead atoms. The summed E-state index contributed by atoms with van der Waals surface area (Å²) in [6, 6.07) is 9.24. The van der Waals surface area contributed by atoms with E-state index in [-0.39, 0.29) is 11.9 Å². The first-order valence-electron chi connectivity index (χ1n) is 7.77. The summed E-state index contributed by atoms with van der Waals surface area (Å²) in [5.41, 5.74) is 1.68. The minimum Gasteiger partial charge on any atom is -0.331 e. The smallest absolute Gasteiger partial charge is 0.255 e. The van der Waals surface area contributed by atoms with Crippen LogP contribution in [0.3, 0.4) is 0 Å². The van der Waals surface area contributed by atoms with Crippen LogP contribution in [0.5, 0.6) is 0 Å². The van der Waals surface area contributed by atoms with Crippen LogP contribution >= 0.6 is 23.2 Å². The minimum atomic E-state index is -0.0251. The van der Waals surface area contributed by atoms with Crippen molar-refractivity contribution in [2.45, 2.75) is 25.3 Å². The number of halogens is 2. The highest BCUT2D eigenvalue weighted by Crippen LogP contribution is 2.33. The van der Waals surface area contributed by atoms with E-state index in [0.29, 0.717) is 15.6 Å². The molecule has 1 aliphatic heterocycles. The average molecular weight is 350 g/mol. The molecule has 1 saturated heterocycles. The molecule has 1 atom stereocenters. The second kappa shape index (κ2) is 6.90. The molecule has 1 aromatic heterocycles. The van der Waals surface area contributed by atoms with Crippen molar-refractivity contribution in [3.63, 3.8) is 0 Å². The SMILES string of the molecule is C[n+]1cccc([C@H]2CCCCN2C(=O)c2ccc(Cl)cc2Cl)c1. The molecule has 0 unspecified atom stereocenters. The van der Waals surface area contributed by atoms with Gasteiger partial charge in [0, 0.05) is 23.2 Å². The first-order chi connectivity index (χ1) is 11.1. The second-order valence-electron chi connectivity index (χ2n) is 5.94. The van der Waals surface area contributed by atoms with Crippen LogP contribution in [0, 0.1) is 0 Å². The number of hydrogen-bond acceptors (Lipinski definition) is 1. The molecule has 1 amide bonds. The Morgan fingerprint density at radius 1 is 1.26 bits per heavy atom. The van der Waals surface area contributed by atoms with Crippen LogP contribution in [0.4, 0.5) is 0 Å². The second-order valence-corrected chi connectivity index (χ2v) is 6.78. The molecule has 2 heterocycles. The Bertz CT molecular complexity index is 733. The maximum absolute atomic E-state index is 13.0. The van der Waals surface area contributed by atoms with Gasteiger partial charge in [0.05, 0.1) is 16.6 Å². The number of aromatic nitrogens is 1. The summed E-state index contributed by atoms with van der Waals surface area (Å²) in [5, 5.41) is 0.947. The molecule has 5 heteroatoms. The lowest BCUT2D eigenvalue weighted by Crippen LogP contribution is -2.40. The third-order valence-electron chi connectivity index (χ3n) is 4.27. The zero-order valence-electron chi connectivity index (χ0n) is 13.0. The first-order valence-corrected chi connectivity index (χ1v) is 8.53. The van der Waals surface area contributed by atoms with E-state index in [4.69, 9.17) is 23.2 Å². The van der Waals surface area contributed by atoms with Crippen LogP contribution in [-0.4, -0.2) is 17.4 Å². The molecule has 0 aliphatic carbocycles. The molecule has 1 fully saturated rings. The summed E-state index contributed by atoms with van der Waals surface area (Å²) in [7, 11) is 1.99. The van der Waals surface area contributed by atoms with Crippen LogP contribution in [-0.2, 0) is 7.05 Å². The third kappa shape index (κ3) is 3.51. The number of hydrogen-bond donors (Lipinski definition) is 0. The summed E-state index contributed by atoms with van der Waals surface area (Å²) in [5.74, 6) is -0.0251. The summed E-state index contributed by atoms with van der Waals surface area (Å²) in [6.45, 7) is 0.751. The Labute approximate surface area is 146 Å². The zero-order chi connectivity index (χ0) is 16.4. The number of aryl methyl sites for hydroxylation is 1. The summed E-state index contributed by atoms with van der Waals surface area (Å²) in [4.78, 5) is 14.9. The monoisotopic (exact) mass is 349 g/mol. The van der Waals surface area contributed by atoms with Crippen molar-refractivity contribution >= 4 is 29.1 Å². The van der Waals surface area contributed by atoms with Gasteiger partial charge in [0.25, 0.3) is 5.91 Å². The summed E-state index contributed by atoms with van der Waals surface area (Å²) >= 11 is 12.2. The molecule has 0 N–H and O–H groups in total. The Morgan fingerprint density at radius 2 is 2.09 bits per heavy atom. The maximum atomic E-state index is 13.0. The molecule has 0 spiro atoms. The Morgan fingerprint density at radius 3 is 2.83 bits per heavy atom. The lowest BCUT2D eigenvalue weighted by Gasteiger charge is -2.35. The van der Waals surface area contributed by atoms with Gasteiger partial charge in [-0.05, 0) is 43.5 Å². The molecule has 120 valence electrons. The van der Waals surface area contributed by atoms with Gasteiger partial charge in [0.2, 0.25) is 0 Å². The number of rotatable bonds is 2. The fourth-order valence-corrected chi connectivity index (χ4v) is 3.64. The van der Waals surface area contributed by atoms with Crippen LogP contribution in [0.1, 0.15) is 41.2 Å². The molecule has 1 aliphatic rings. The normalized spacial score (nSPS) is 18.0. The zero-order valence-corrected chi connectivity index (χ0v) is 14.5. The van der Waals surface area contributed by atoms with Crippen LogP contribution in [0.25, 0.3) is 0 Å². The molecular weight excluding hydrogens is 331 g/mol. The van der Waals surface area contributed by atoms with Crippen LogP contribution in [0.15, 0.2) is 42.7 Å². The number of likely N-dealkylation sites (tertiary alicyclic amines) is 1. The van der Waals surface area contributed by atoms with E-state index < -0.39 is 0 Å². The van der Waals surface area contributed by atoms with E-state index in [1.54, 1.807) is 18.2 Å². The van der Waals surface area contributed by atoms with Crippen molar-refractivity contribution < 1.29 is 9.36 Å². The van der Waals surface area contributed by atoms with Crippen molar-refractivity contribution in [1.82, 2.24) is 4.90 Å². The molecule has 0 radical (unpaired) electrons. The lowest BCUT2D eigenvalue weighted by atomic mass is 9.95. The molecule has 1 aromatic carbocycles. The molecular formula is C18H19Cl2N2O+. The Balaban J connectivity index is 1.93. The predicted molar refractivity (Wildman–Crippen MR) is 91.7 cm³/mol. The fraction of sp³-hybridized carbons (Fsp3) is 0.333. The molecule has 2 aromatic rings. The van der Waals surface area contributed by atoms with Gasteiger partial charge >= 0.3 is 0 Å². The van der Waals surface area contributed by atoms with Gasteiger partial charge in [-0.2, -0.15) is 0 Å². The van der Waals surface area contributed by atoms with Crippen molar-refractivity contribution in [2.24, 2.45) is 7.05 Å². The number of benzene rings is 1. The maximum Gasteiger partial charge on any atom is 0.255 e. The number of piperidine rings is 1. The average Bonchev–Trinajstić information content (AvgIpc) is 2.54. The largest absolute Gasteiger partial charge is 0.331 e. The number of nitrogens with zero attached hydrogens (tertiary/aromatic N) is 2.